The summed E-state index contributed by atoms with van der Waals surface area (Å²) in [5.74, 6) is -24.4. The van der Waals surface area contributed by atoms with E-state index in [0.29, 0.717) is 0 Å². The lowest BCUT2D eigenvalue weighted by Gasteiger charge is -2.29. The summed E-state index contributed by atoms with van der Waals surface area (Å²) in [4.78, 5) is 210. The average molecular weight is 1170 g/mol. The molecule has 19 N–H and O–H groups in total. The van der Waals surface area contributed by atoms with E-state index >= 15 is 0 Å². The Bertz CT molecular complexity index is 2600. The van der Waals surface area contributed by atoms with Gasteiger partial charge in [0.1, 0.15) is 54.4 Å². The summed E-state index contributed by atoms with van der Waals surface area (Å²) in [7, 11) is 0. The minimum atomic E-state index is -2.15. The molecular weight excluding hydrogens is 1100 g/mol. The Hall–Kier alpha value is -9.34. The molecule has 1 fully saturated rings. The summed E-state index contributed by atoms with van der Waals surface area (Å²) < 4.78 is 5.54. The second kappa shape index (κ2) is 33.3. The van der Waals surface area contributed by atoms with Crippen LogP contribution in [0.2, 0.25) is 0 Å². The number of carbonyl (C=O) groups excluding carboxylic acids is 12. The molecule has 10 amide bonds. The number of hydrogen-bond donors (Lipinski definition) is 17. The molecular formula is C48H68N12O22. The summed E-state index contributed by atoms with van der Waals surface area (Å²) in [6.45, 7) is 0.832. The van der Waals surface area contributed by atoms with Crippen LogP contribution in [0.25, 0.3) is 0 Å². The molecule has 1 saturated heterocycles. The predicted molar refractivity (Wildman–Crippen MR) is 275 cm³/mol. The molecule has 0 spiro atoms. The Morgan fingerprint density at radius 2 is 1.12 bits per heavy atom. The maximum Gasteiger partial charge on any atom is 0.329 e. The summed E-state index contributed by atoms with van der Waals surface area (Å²) in [5.41, 5.74) is 11.3. The summed E-state index contributed by atoms with van der Waals surface area (Å²) in [5, 5.41) is 69.5. The molecule has 0 aliphatic carbocycles. The molecule has 82 heavy (non-hydrogen) atoms. The van der Waals surface area contributed by atoms with Gasteiger partial charge in [-0.1, -0.05) is 26.0 Å². The van der Waals surface area contributed by atoms with Crippen LogP contribution in [0.1, 0.15) is 83.0 Å². The van der Waals surface area contributed by atoms with E-state index in [1.54, 1.807) is 0 Å². The molecule has 34 heteroatoms. The Morgan fingerprint density at radius 1 is 0.610 bits per heavy atom. The number of carbonyl (C=O) groups is 16. The number of amides is 10. The maximum atomic E-state index is 14.2. The Morgan fingerprint density at radius 3 is 1.67 bits per heavy atom. The molecule has 11 unspecified atom stereocenters. The number of nitrogens with one attached hydrogen (secondary N) is 10. The largest absolute Gasteiger partial charge is 0.481 e. The number of hydrogen-bond acceptors (Lipinski definition) is 20. The number of benzene rings is 1. The van der Waals surface area contributed by atoms with Crippen molar-refractivity contribution in [3.05, 3.63) is 29.8 Å². The number of carboxylic acids is 4. The third-order valence-electron chi connectivity index (χ3n) is 12.0. The van der Waals surface area contributed by atoms with E-state index in [9.17, 15) is 102 Å². The molecule has 1 aliphatic rings. The van der Waals surface area contributed by atoms with Crippen LogP contribution >= 0.6 is 0 Å². The molecule has 0 aromatic heterocycles. The van der Waals surface area contributed by atoms with Crippen molar-refractivity contribution >= 4 is 100 Å². The number of carboxylic acid groups (broad SMARTS) is 4. The Labute approximate surface area is 466 Å². The second-order valence-corrected chi connectivity index (χ2v) is 18.8. The standard InChI is InChI=1S/C48H68N12O22/c1-20(12-34(65)66)38-47(80)58-29(14-31(62)24-8-5-6-9-25(24)50)48(81)82-23(4)39(60-40(73)21(2)13-35(67)68)46(79)52-18-32(63)54-26(10-7-11-49)43(76)57-28(16-37(71)72)44(77)53-22(3)41(74)56-27(15-36(69)70)42(75)51-17-33(64)55-30(19-61)45(78)59-38/h5-6,8-9,20-23,26-30,38-39,61H,7,10-19,49-50H2,1-4H3,(H,51,75)(H,52,79)(H,53,77)(H,54,63)(H,55,64)(H,56,74)(H,57,76)(H,58,80)(H,59,78)(H,60,73)(H,65,66)(H,67,68)(H,69,70)(H,71,72). The van der Waals surface area contributed by atoms with E-state index in [4.69, 9.17) is 16.2 Å². The number of aliphatic hydroxyl groups is 1. The molecule has 1 heterocycles. The predicted octanol–water partition coefficient (Wildman–Crippen LogP) is -7.18. The second-order valence-electron chi connectivity index (χ2n) is 18.8. The van der Waals surface area contributed by atoms with Crippen molar-refractivity contribution in [2.75, 3.05) is 32.0 Å². The molecule has 0 saturated carbocycles. The number of para-hydroxylation sites is 1. The van der Waals surface area contributed by atoms with Crippen molar-refractivity contribution in [3.8, 4) is 0 Å². The van der Waals surface area contributed by atoms with Crippen molar-refractivity contribution in [2.24, 2.45) is 17.6 Å². The lowest BCUT2D eigenvalue weighted by Crippen LogP contribution is -2.60. The minimum Gasteiger partial charge on any atom is -0.481 e. The van der Waals surface area contributed by atoms with Gasteiger partial charge in [-0.2, -0.15) is 0 Å². The van der Waals surface area contributed by atoms with Crippen molar-refractivity contribution in [3.63, 3.8) is 0 Å². The molecule has 1 aromatic rings. The monoisotopic (exact) mass is 1160 g/mol. The highest BCUT2D eigenvalue weighted by Crippen LogP contribution is 2.17. The molecule has 34 nitrogen and oxygen atoms in total. The van der Waals surface area contributed by atoms with Crippen molar-refractivity contribution in [1.29, 1.82) is 0 Å². The van der Waals surface area contributed by atoms with Gasteiger partial charge in [-0.15, -0.1) is 0 Å². The smallest absolute Gasteiger partial charge is 0.329 e. The number of aliphatic carboxylic acids is 4. The first-order valence-electron chi connectivity index (χ1n) is 25.1. The summed E-state index contributed by atoms with van der Waals surface area (Å²) in [6.07, 6.45) is -7.13. The van der Waals surface area contributed by atoms with Gasteiger partial charge in [-0.25, -0.2) is 4.79 Å². The minimum absolute atomic E-state index is 0.00457. The Kier molecular flexibility index (Phi) is 27.9. The number of Topliss-reactive ketones (excluding diaryl/α,β-unsaturated/α-hetero) is 1. The zero-order chi connectivity index (χ0) is 62.1. The fourth-order valence-corrected chi connectivity index (χ4v) is 7.55. The van der Waals surface area contributed by atoms with Gasteiger partial charge in [-0.05, 0) is 51.3 Å². The number of cyclic esters (lactones) is 1. The van der Waals surface area contributed by atoms with Crippen molar-refractivity contribution < 1.29 is 107 Å². The lowest BCUT2D eigenvalue weighted by atomic mass is 9.96. The van der Waals surface area contributed by atoms with Gasteiger partial charge < -0.3 is 94.9 Å². The number of rotatable bonds is 18. The normalized spacial score (nSPS) is 24.4. The first-order chi connectivity index (χ1) is 38.4. The fraction of sp³-hybridized carbons (Fsp3) is 0.542. The van der Waals surface area contributed by atoms with Gasteiger partial charge in [0, 0.05) is 23.6 Å². The van der Waals surface area contributed by atoms with Crippen LogP contribution in [0.15, 0.2) is 24.3 Å². The number of esters is 1. The number of ketones is 1. The van der Waals surface area contributed by atoms with Crippen LogP contribution in [0.4, 0.5) is 5.69 Å². The number of nitrogens with two attached hydrogens (primary N) is 2. The number of ether oxygens (including phenoxy) is 1. The molecule has 0 bridgehead atoms. The third kappa shape index (κ3) is 23.2. The highest BCUT2D eigenvalue weighted by atomic mass is 16.5. The van der Waals surface area contributed by atoms with Crippen LogP contribution in [0.3, 0.4) is 0 Å². The number of anilines is 1. The molecule has 2 rings (SSSR count). The Balaban J connectivity index is 2.83. The molecule has 0 radical (unpaired) electrons. The van der Waals surface area contributed by atoms with E-state index in [1.807, 2.05) is 16.0 Å². The van der Waals surface area contributed by atoms with E-state index in [-0.39, 0.29) is 30.6 Å². The highest BCUT2D eigenvalue weighted by molar-refractivity contribution is 6.04. The van der Waals surface area contributed by atoms with Crippen LogP contribution in [-0.4, -0.2) is 201 Å². The first-order valence-corrected chi connectivity index (χ1v) is 25.1. The average Bonchev–Trinajstić information content (AvgIpc) is 3.40. The van der Waals surface area contributed by atoms with E-state index in [1.165, 1.54) is 24.3 Å². The van der Waals surface area contributed by atoms with Crippen LogP contribution in [0.5, 0.6) is 0 Å². The zero-order valence-corrected chi connectivity index (χ0v) is 44.8. The number of aliphatic hydroxyl groups excluding tert-OH is 1. The molecule has 1 aliphatic heterocycles. The van der Waals surface area contributed by atoms with Gasteiger partial charge >= 0.3 is 29.8 Å². The van der Waals surface area contributed by atoms with Gasteiger partial charge in [0.25, 0.3) is 0 Å². The van der Waals surface area contributed by atoms with E-state index in [2.05, 4.69) is 37.2 Å². The molecule has 1 aromatic carbocycles. The topological polar surface area (TPSA) is 556 Å². The third-order valence-corrected chi connectivity index (χ3v) is 12.0. The SMILES string of the molecule is CC(CC(=O)O)C(=O)NC1C(=O)NCC(=O)NC(CCCN)C(=O)NC(CC(=O)O)C(=O)NC(C)C(=O)NC(CC(=O)O)C(=O)NCC(=O)NC(CO)C(=O)NC(C(C)CC(=O)O)C(=O)NC(CC(=O)c2ccccc2N)C(=O)OC1C. The van der Waals surface area contributed by atoms with Crippen LogP contribution in [0, 0.1) is 11.8 Å². The van der Waals surface area contributed by atoms with Gasteiger partial charge in [0.2, 0.25) is 59.1 Å². The van der Waals surface area contributed by atoms with E-state index in [0.717, 1.165) is 27.7 Å². The molecule has 452 valence electrons. The quantitative estimate of drug-likeness (QED) is 0.0369. The van der Waals surface area contributed by atoms with E-state index < -0.39 is 213 Å². The summed E-state index contributed by atoms with van der Waals surface area (Å²) in [6, 6.07) is -10.2. The summed E-state index contributed by atoms with van der Waals surface area (Å²) >= 11 is 0. The van der Waals surface area contributed by atoms with Crippen molar-refractivity contribution in [2.45, 2.75) is 127 Å². The highest BCUT2D eigenvalue weighted by Gasteiger charge is 2.39. The first kappa shape index (κ1) is 68.8. The zero-order valence-electron chi connectivity index (χ0n) is 44.8. The number of nitrogen functional groups attached to an aromatic ring is 1. The van der Waals surface area contributed by atoms with Gasteiger partial charge in [0.15, 0.2) is 5.78 Å². The van der Waals surface area contributed by atoms with Crippen LogP contribution in [-0.2, 0) is 76.7 Å². The maximum absolute atomic E-state index is 14.2. The lowest BCUT2D eigenvalue weighted by molar-refractivity contribution is -0.156. The van der Waals surface area contributed by atoms with Crippen LogP contribution < -0.4 is 64.6 Å². The molecule has 11 atom stereocenters. The fourth-order valence-electron chi connectivity index (χ4n) is 7.55. The van der Waals surface area contributed by atoms with Crippen molar-refractivity contribution in [1.82, 2.24) is 53.2 Å². The van der Waals surface area contributed by atoms with Gasteiger partial charge in [0.05, 0.1) is 45.4 Å². The van der Waals surface area contributed by atoms with Gasteiger partial charge in [-0.3, -0.25) is 71.9 Å².